The minimum absolute atomic E-state index is 0.106. The van der Waals surface area contributed by atoms with Gasteiger partial charge in [-0.15, -0.1) is 0 Å². The molecule has 0 aliphatic heterocycles. The van der Waals surface area contributed by atoms with Gasteiger partial charge in [-0.3, -0.25) is 4.79 Å². The standard InChI is InChI=1S/C22H34N2O5/c1-15(2)12-17(20(26)28-6)23-19(25)18(13-22(3,4)5)24-21(27)29-14-16-10-8-7-9-11-16/h7-11,15,17-18H,12-14H2,1-6H3,(H,23,25)(H,24,27). The number of amides is 2. The van der Waals surface area contributed by atoms with Gasteiger partial charge in [0.2, 0.25) is 5.91 Å². The van der Waals surface area contributed by atoms with Gasteiger partial charge in [0.1, 0.15) is 18.7 Å². The molecule has 0 saturated carbocycles. The fourth-order valence-corrected chi connectivity index (χ4v) is 2.83. The van der Waals surface area contributed by atoms with Crippen LogP contribution in [0.4, 0.5) is 4.79 Å². The zero-order valence-corrected chi connectivity index (χ0v) is 18.3. The summed E-state index contributed by atoms with van der Waals surface area (Å²) in [5.41, 5.74) is 0.621. The largest absolute Gasteiger partial charge is 0.467 e. The minimum atomic E-state index is -0.836. The van der Waals surface area contributed by atoms with Gasteiger partial charge in [-0.2, -0.15) is 0 Å². The van der Waals surface area contributed by atoms with E-state index in [2.05, 4.69) is 10.6 Å². The number of carbonyl (C=O) groups is 3. The lowest BCUT2D eigenvalue weighted by Gasteiger charge is -2.27. The monoisotopic (exact) mass is 406 g/mol. The number of nitrogens with one attached hydrogen (secondary N) is 2. The van der Waals surface area contributed by atoms with Crippen molar-refractivity contribution in [1.82, 2.24) is 10.6 Å². The summed E-state index contributed by atoms with van der Waals surface area (Å²) in [5.74, 6) is -0.759. The normalized spacial score (nSPS) is 13.3. The molecule has 29 heavy (non-hydrogen) atoms. The Bertz CT molecular complexity index is 668. The predicted octanol–water partition coefficient (Wildman–Crippen LogP) is 3.42. The van der Waals surface area contributed by atoms with Crippen molar-refractivity contribution >= 4 is 18.0 Å². The van der Waals surface area contributed by atoms with E-state index in [1.807, 2.05) is 65.0 Å². The van der Waals surface area contributed by atoms with E-state index in [-0.39, 0.29) is 17.9 Å². The SMILES string of the molecule is COC(=O)C(CC(C)C)NC(=O)C(CC(C)(C)C)NC(=O)OCc1ccccc1. The molecular formula is C22H34N2O5. The van der Waals surface area contributed by atoms with Crippen LogP contribution >= 0.6 is 0 Å². The quantitative estimate of drug-likeness (QED) is 0.613. The van der Waals surface area contributed by atoms with Crippen LogP contribution in [0.1, 0.15) is 53.0 Å². The molecule has 1 aromatic rings. The van der Waals surface area contributed by atoms with E-state index in [4.69, 9.17) is 9.47 Å². The van der Waals surface area contributed by atoms with Gasteiger partial charge >= 0.3 is 12.1 Å². The zero-order chi connectivity index (χ0) is 22.0. The van der Waals surface area contributed by atoms with Crippen LogP contribution in [-0.4, -0.2) is 37.2 Å². The number of benzene rings is 1. The van der Waals surface area contributed by atoms with Crippen LogP contribution in [0.15, 0.2) is 30.3 Å². The Balaban J connectivity index is 2.80. The molecule has 1 rings (SSSR count). The van der Waals surface area contributed by atoms with Gasteiger partial charge < -0.3 is 20.1 Å². The molecule has 2 amide bonds. The van der Waals surface area contributed by atoms with Crippen molar-refractivity contribution in [1.29, 1.82) is 0 Å². The maximum Gasteiger partial charge on any atom is 0.408 e. The molecular weight excluding hydrogens is 372 g/mol. The molecule has 0 aromatic heterocycles. The average Bonchev–Trinajstić information content (AvgIpc) is 2.64. The highest BCUT2D eigenvalue weighted by molar-refractivity contribution is 5.89. The summed E-state index contributed by atoms with van der Waals surface area (Å²) in [4.78, 5) is 37.1. The smallest absolute Gasteiger partial charge is 0.408 e. The first-order chi connectivity index (χ1) is 13.5. The second-order valence-corrected chi connectivity index (χ2v) is 8.74. The third-order valence-electron chi connectivity index (χ3n) is 4.15. The third-order valence-corrected chi connectivity index (χ3v) is 4.15. The van der Waals surface area contributed by atoms with Crippen LogP contribution in [0.5, 0.6) is 0 Å². The second kappa shape index (κ2) is 11.4. The summed E-state index contributed by atoms with van der Waals surface area (Å²) < 4.78 is 10.0. The molecule has 162 valence electrons. The van der Waals surface area contributed by atoms with Crippen LogP contribution in [0, 0.1) is 11.3 Å². The number of methoxy groups -OCH3 is 1. The molecule has 0 spiro atoms. The number of esters is 1. The molecule has 0 saturated heterocycles. The number of rotatable bonds is 9. The first-order valence-corrected chi connectivity index (χ1v) is 9.87. The van der Waals surface area contributed by atoms with Crippen molar-refractivity contribution in [2.75, 3.05) is 7.11 Å². The number of ether oxygens (including phenoxy) is 2. The summed E-state index contributed by atoms with van der Waals surface area (Å²) in [6.07, 6.45) is 0.144. The summed E-state index contributed by atoms with van der Waals surface area (Å²) in [6.45, 7) is 9.92. The van der Waals surface area contributed by atoms with E-state index >= 15 is 0 Å². The Morgan fingerprint density at radius 1 is 1.00 bits per heavy atom. The fourth-order valence-electron chi connectivity index (χ4n) is 2.83. The highest BCUT2D eigenvalue weighted by atomic mass is 16.5. The third kappa shape index (κ3) is 9.96. The van der Waals surface area contributed by atoms with Crippen LogP contribution in [0.25, 0.3) is 0 Å². The average molecular weight is 407 g/mol. The minimum Gasteiger partial charge on any atom is -0.467 e. The highest BCUT2D eigenvalue weighted by Gasteiger charge is 2.31. The Kier molecular flexibility index (Phi) is 9.65. The first kappa shape index (κ1) is 24.5. The summed E-state index contributed by atoms with van der Waals surface area (Å²) in [5, 5.41) is 5.35. The van der Waals surface area contributed by atoms with Crippen LogP contribution in [0.3, 0.4) is 0 Å². The van der Waals surface area contributed by atoms with E-state index in [9.17, 15) is 14.4 Å². The summed E-state index contributed by atoms with van der Waals surface area (Å²) in [7, 11) is 1.29. The van der Waals surface area contributed by atoms with Crippen molar-refractivity contribution in [2.24, 2.45) is 11.3 Å². The number of alkyl carbamates (subject to hydrolysis) is 1. The number of hydrogen-bond acceptors (Lipinski definition) is 5. The van der Waals surface area contributed by atoms with Crippen molar-refractivity contribution in [3.05, 3.63) is 35.9 Å². The molecule has 0 bridgehead atoms. The fraction of sp³-hybridized carbons (Fsp3) is 0.591. The molecule has 0 radical (unpaired) electrons. The topological polar surface area (TPSA) is 93.7 Å². The molecule has 0 heterocycles. The van der Waals surface area contributed by atoms with Gasteiger partial charge in [-0.25, -0.2) is 9.59 Å². The summed E-state index contributed by atoms with van der Waals surface area (Å²) in [6, 6.07) is 7.68. The van der Waals surface area contributed by atoms with Gasteiger partial charge in [0, 0.05) is 0 Å². The predicted molar refractivity (Wildman–Crippen MR) is 111 cm³/mol. The Morgan fingerprint density at radius 2 is 1.62 bits per heavy atom. The maximum atomic E-state index is 12.9. The van der Waals surface area contributed by atoms with Gasteiger partial charge in [0.05, 0.1) is 7.11 Å². The first-order valence-electron chi connectivity index (χ1n) is 9.87. The maximum absolute atomic E-state index is 12.9. The Labute approximate surface area is 173 Å². The highest BCUT2D eigenvalue weighted by Crippen LogP contribution is 2.21. The van der Waals surface area contributed by atoms with Crippen LogP contribution in [-0.2, 0) is 25.7 Å². The van der Waals surface area contributed by atoms with Crippen LogP contribution < -0.4 is 10.6 Å². The molecule has 2 N–H and O–H groups in total. The molecule has 7 heteroatoms. The second-order valence-electron chi connectivity index (χ2n) is 8.74. The number of hydrogen-bond donors (Lipinski definition) is 2. The number of carbonyl (C=O) groups excluding carboxylic acids is 3. The van der Waals surface area contributed by atoms with Gasteiger partial charge in [0.15, 0.2) is 0 Å². The molecule has 1 aromatic carbocycles. The van der Waals surface area contributed by atoms with Crippen molar-refractivity contribution in [3.63, 3.8) is 0 Å². The van der Waals surface area contributed by atoms with Gasteiger partial charge in [0.25, 0.3) is 0 Å². The van der Waals surface area contributed by atoms with Gasteiger partial charge in [-0.05, 0) is 29.7 Å². The zero-order valence-electron chi connectivity index (χ0n) is 18.3. The molecule has 0 aliphatic carbocycles. The lowest BCUT2D eigenvalue weighted by Crippen LogP contribution is -2.53. The summed E-state index contributed by atoms with van der Waals surface area (Å²) >= 11 is 0. The van der Waals surface area contributed by atoms with Crippen molar-refractivity contribution in [3.8, 4) is 0 Å². The molecule has 0 fully saturated rings. The van der Waals surface area contributed by atoms with E-state index in [0.717, 1.165) is 5.56 Å². The molecule has 7 nitrogen and oxygen atoms in total. The van der Waals surface area contributed by atoms with Gasteiger partial charge in [-0.1, -0.05) is 65.0 Å². The van der Waals surface area contributed by atoms with Crippen molar-refractivity contribution in [2.45, 2.75) is 66.2 Å². The lowest BCUT2D eigenvalue weighted by molar-refractivity contribution is -0.145. The van der Waals surface area contributed by atoms with E-state index in [1.165, 1.54) is 7.11 Å². The van der Waals surface area contributed by atoms with Crippen LogP contribution in [0.2, 0.25) is 0 Å². The van der Waals surface area contributed by atoms with E-state index in [0.29, 0.717) is 12.8 Å². The molecule has 2 unspecified atom stereocenters. The Hall–Kier alpha value is -2.57. The van der Waals surface area contributed by atoms with Crippen molar-refractivity contribution < 1.29 is 23.9 Å². The molecule has 0 aliphatic rings. The van der Waals surface area contributed by atoms with E-state index < -0.39 is 30.1 Å². The lowest BCUT2D eigenvalue weighted by atomic mass is 9.87. The Morgan fingerprint density at radius 3 is 2.14 bits per heavy atom. The van der Waals surface area contributed by atoms with E-state index in [1.54, 1.807) is 0 Å². The molecule has 2 atom stereocenters.